The molecule has 10 heavy (non-hydrogen) atoms. The predicted octanol–water partition coefficient (Wildman–Crippen LogP) is -1.13. The standard InChI is InChI=1S/C5H12N2O2.ClH/c6-4-5(9)7-2-1-3-8;/h8H,1-4,6H2,(H,7,9);1H. The van der Waals surface area contributed by atoms with Crippen LogP contribution in [-0.2, 0) is 4.79 Å². The Morgan fingerprint density at radius 2 is 2.20 bits per heavy atom. The molecule has 4 N–H and O–H groups in total. The van der Waals surface area contributed by atoms with Crippen molar-refractivity contribution in [3.8, 4) is 0 Å². The smallest absolute Gasteiger partial charge is 0.233 e. The third kappa shape index (κ3) is 7.68. The molecule has 0 fully saturated rings. The van der Waals surface area contributed by atoms with Crippen LogP contribution < -0.4 is 11.1 Å². The summed E-state index contributed by atoms with van der Waals surface area (Å²) in [4.78, 5) is 10.4. The van der Waals surface area contributed by atoms with Crippen LogP contribution in [0.25, 0.3) is 0 Å². The molecule has 62 valence electrons. The highest BCUT2D eigenvalue weighted by molar-refractivity contribution is 5.85. The van der Waals surface area contributed by atoms with Gasteiger partial charge in [0.1, 0.15) is 0 Å². The van der Waals surface area contributed by atoms with Crippen LogP contribution in [0.3, 0.4) is 0 Å². The average Bonchev–Trinajstić information content (AvgIpc) is 1.89. The number of aliphatic hydroxyl groups is 1. The Hall–Kier alpha value is -0.320. The zero-order chi connectivity index (χ0) is 7.11. The van der Waals surface area contributed by atoms with E-state index in [9.17, 15) is 4.79 Å². The van der Waals surface area contributed by atoms with E-state index in [1.54, 1.807) is 0 Å². The van der Waals surface area contributed by atoms with Crippen molar-refractivity contribution < 1.29 is 9.90 Å². The van der Waals surface area contributed by atoms with Gasteiger partial charge < -0.3 is 16.2 Å². The van der Waals surface area contributed by atoms with Crippen LogP contribution in [0.2, 0.25) is 0 Å². The lowest BCUT2D eigenvalue weighted by atomic mass is 10.4. The van der Waals surface area contributed by atoms with E-state index < -0.39 is 0 Å². The van der Waals surface area contributed by atoms with Crippen molar-refractivity contribution in [2.75, 3.05) is 19.7 Å². The molecule has 0 aromatic heterocycles. The molecule has 0 heterocycles. The molecule has 0 unspecified atom stereocenters. The SMILES string of the molecule is Cl.NCC(=O)NCCCO. The second-order valence-corrected chi connectivity index (χ2v) is 1.63. The lowest BCUT2D eigenvalue weighted by molar-refractivity contribution is -0.119. The number of rotatable bonds is 4. The monoisotopic (exact) mass is 168 g/mol. The minimum absolute atomic E-state index is 0. The summed E-state index contributed by atoms with van der Waals surface area (Å²) >= 11 is 0. The molecule has 1 amide bonds. The van der Waals surface area contributed by atoms with Crippen molar-refractivity contribution >= 4 is 18.3 Å². The van der Waals surface area contributed by atoms with Gasteiger partial charge in [0.25, 0.3) is 0 Å². The van der Waals surface area contributed by atoms with E-state index in [4.69, 9.17) is 10.8 Å². The van der Waals surface area contributed by atoms with Gasteiger partial charge in [-0.05, 0) is 6.42 Å². The number of aliphatic hydroxyl groups excluding tert-OH is 1. The minimum Gasteiger partial charge on any atom is -0.396 e. The van der Waals surface area contributed by atoms with Gasteiger partial charge in [-0.1, -0.05) is 0 Å². The molecule has 0 aromatic carbocycles. The number of nitrogens with one attached hydrogen (secondary N) is 1. The number of hydrogen-bond donors (Lipinski definition) is 3. The topological polar surface area (TPSA) is 75.4 Å². The molecule has 0 atom stereocenters. The zero-order valence-electron chi connectivity index (χ0n) is 5.67. The molecular weight excluding hydrogens is 156 g/mol. The normalized spacial score (nSPS) is 8.20. The van der Waals surface area contributed by atoms with Crippen molar-refractivity contribution in [3.63, 3.8) is 0 Å². The number of carbonyl (C=O) groups is 1. The first kappa shape index (κ1) is 12.4. The minimum atomic E-state index is -0.177. The van der Waals surface area contributed by atoms with Gasteiger partial charge in [0.05, 0.1) is 6.54 Å². The maximum Gasteiger partial charge on any atom is 0.233 e. The highest BCUT2D eigenvalue weighted by Crippen LogP contribution is 1.70. The first-order valence-electron chi connectivity index (χ1n) is 2.89. The molecule has 0 bridgehead atoms. The van der Waals surface area contributed by atoms with Gasteiger partial charge in [-0.3, -0.25) is 4.79 Å². The van der Waals surface area contributed by atoms with Gasteiger partial charge in [0.2, 0.25) is 5.91 Å². The van der Waals surface area contributed by atoms with Gasteiger partial charge in [0.15, 0.2) is 0 Å². The fourth-order valence-electron chi connectivity index (χ4n) is 0.379. The second kappa shape index (κ2) is 8.68. The lowest BCUT2D eigenvalue weighted by Crippen LogP contribution is -2.31. The van der Waals surface area contributed by atoms with Gasteiger partial charge in [-0.25, -0.2) is 0 Å². The Bertz CT molecular complexity index is 89.7. The van der Waals surface area contributed by atoms with Gasteiger partial charge in [-0.2, -0.15) is 0 Å². The summed E-state index contributed by atoms with van der Waals surface area (Å²) in [6.45, 7) is 0.628. The van der Waals surface area contributed by atoms with Crippen molar-refractivity contribution in [3.05, 3.63) is 0 Å². The Morgan fingerprint density at radius 3 is 2.60 bits per heavy atom. The Kier molecular flexibility index (Phi) is 10.7. The van der Waals surface area contributed by atoms with E-state index in [2.05, 4.69) is 5.32 Å². The molecule has 0 saturated carbocycles. The number of nitrogens with two attached hydrogens (primary N) is 1. The van der Waals surface area contributed by atoms with Gasteiger partial charge in [0, 0.05) is 13.2 Å². The first-order chi connectivity index (χ1) is 4.31. The molecule has 0 radical (unpaired) electrons. The van der Waals surface area contributed by atoms with E-state index in [0.717, 1.165) is 0 Å². The Morgan fingerprint density at radius 1 is 1.60 bits per heavy atom. The summed E-state index contributed by atoms with van der Waals surface area (Å²) in [6, 6.07) is 0. The maximum atomic E-state index is 10.4. The van der Waals surface area contributed by atoms with Crippen molar-refractivity contribution in [2.45, 2.75) is 6.42 Å². The number of amides is 1. The predicted molar refractivity (Wildman–Crippen MR) is 41.0 cm³/mol. The van der Waals surface area contributed by atoms with Crippen LogP contribution >= 0.6 is 12.4 Å². The third-order valence-corrected chi connectivity index (χ3v) is 0.842. The van der Waals surface area contributed by atoms with Crippen LogP contribution in [-0.4, -0.2) is 30.7 Å². The molecule has 0 aromatic rings. The molecular formula is C5H13ClN2O2. The highest BCUT2D eigenvalue weighted by atomic mass is 35.5. The molecule has 0 aliphatic rings. The zero-order valence-corrected chi connectivity index (χ0v) is 6.49. The van der Waals surface area contributed by atoms with E-state index >= 15 is 0 Å². The summed E-state index contributed by atoms with van der Waals surface area (Å²) in [5.41, 5.74) is 4.98. The second-order valence-electron chi connectivity index (χ2n) is 1.63. The summed E-state index contributed by atoms with van der Waals surface area (Å²) in [5.74, 6) is -0.177. The number of carbonyl (C=O) groups excluding carboxylic acids is 1. The molecule has 0 saturated heterocycles. The molecule has 5 heteroatoms. The molecule has 0 rings (SSSR count). The largest absolute Gasteiger partial charge is 0.396 e. The van der Waals surface area contributed by atoms with Gasteiger partial charge in [-0.15, -0.1) is 12.4 Å². The molecule has 0 spiro atoms. The highest BCUT2D eigenvalue weighted by Gasteiger charge is 1.92. The van der Waals surface area contributed by atoms with E-state index in [1.165, 1.54) is 0 Å². The molecule has 0 aliphatic heterocycles. The first-order valence-corrected chi connectivity index (χ1v) is 2.89. The average molecular weight is 169 g/mol. The number of halogens is 1. The number of hydrogen-bond acceptors (Lipinski definition) is 3. The van der Waals surface area contributed by atoms with E-state index in [0.29, 0.717) is 13.0 Å². The lowest BCUT2D eigenvalue weighted by Gasteiger charge is -1.98. The summed E-state index contributed by atoms with van der Waals surface area (Å²) in [5, 5.41) is 10.8. The van der Waals surface area contributed by atoms with Crippen LogP contribution in [0.5, 0.6) is 0 Å². The Labute approximate surface area is 66.2 Å². The summed E-state index contributed by atoms with van der Waals surface area (Å²) < 4.78 is 0. The van der Waals surface area contributed by atoms with Crippen LogP contribution in [0.4, 0.5) is 0 Å². The van der Waals surface area contributed by atoms with Crippen LogP contribution in [0.15, 0.2) is 0 Å². The third-order valence-electron chi connectivity index (χ3n) is 0.842. The van der Waals surface area contributed by atoms with Crippen LogP contribution in [0.1, 0.15) is 6.42 Å². The Balaban J connectivity index is 0. The molecule has 4 nitrogen and oxygen atoms in total. The van der Waals surface area contributed by atoms with E-state index in [-0.39, 0.29) is 31.5 Å². The van der Waals surface area contributed by atoms with Crippen molar-refractivity contribution in [2.24, 2.45) is 5.73 Å². The fraction of sp³-hybridized carbons (Fsp3) is 0.800. The quantitative estimate of drug-likeness (QED) is 0.465. The van der Waals surface area contributed by atoms with Crippen LogP contribution in [0, 0.1) is 0 Å². The fourth-order valence-corrected chi connectivity index (χ4v) is 0.379. The van der Waals surface area contributed by atoms with E-state index in [1.807, 2.05) is 0 Å². The maximum absolute atomic E-state index is 10.4. The summed E-state index contributed by atoms with van der Waals surface area (Å²) in [7, 11) is 0. The summed E-state index contributed by atoms with van der Waals surface area (Å²) in [6.07, 6.45) is 0.589. The van der Waals surface area contributed by atoms with Crippen molar-refractivity contribution in [1.82, 2.24) is 5.32 Å². The van der Waals surface area contributed by atoms with Gasteiger partial charge >= 0.3 is 0 Å². The molecule has 0 aliphatic carbocycles. The van der Waals surface area contributed by atoms with Crippen molar-refractivity contribution in [1.29, 1.82) is 0 Å².